The van der Waals surface area contributed by atoms with Gasteiger partial charge in [0.25, 0.3) is 5.91 Å². The zero-order valence-corrected chi connectivity index (χ0v) is 17.4. The topological polar surface area (TPSA) is 66.5 Å². The summed E-state index contributed by atoms with van der Waals surface area (Å²) < 4.78 is 26.6. The molecule has 0 fully saturated rings. The number of amides is 1. The van der Waals surface area contributed by atoms with E-state index in [4.69, 9.17) is 0 Å². The average Bonchev–Trinajstić information content (AvgIpc) is 3.12. The highest BCUT2D eigenvalue weighted by molar-refractivity contribution is 7.89. The number of benzene rings is 1. The molecule has 0 aliphatic carbocycles. The van der Waals surface area contributed by atoms with Gasteiger partial charge in [-0.1, -0.05) is 26.0 Å². The first-order valence-corrected chi connectivity index (χ1v) is 10.9. The molecule has 1 unspecified atom stereocenters. The van der Waals surface area contributed by atoms with Crippen molar-refractivity contribution in [2.24, 2.45) is 5.92 Å². The molecule has 142 valence electrons. The van der Waals surface area contributed by atoms with E-state index in [-0.39, 0.29) is 28.8 Å². The molecule has 2 rings (SSSR count). The summed E-state index contributed by atoms with van der Waals surface area (Å²) in [5.74, 6) is -0.0575. The smallest absolute Gasteiger partial charge is 0.251 e. The van der Waals surface area contributed by atoms with Gasteiger partial charge in [-0.2, -0.15) is 4.31 Å². The van der Waals surface area contributed by atoms with Crippen molar-refractivity contribution < 1.29 is 13.2 Å². The van der Waals surface area contributed by atoms with Crippen LogP contribution in [0.4, 0.5) is 0 Å². The number of nitrogens with zero attached hydrogens (tertiary/aromatic N) is 1. The fourth-order valence-electron chi connectivity index (χ4n) is 2.50. The number of nitrogens with one attached hydrogen (secondary N) is 1. The zero-order valence-electron chi connectivity index (χ0n) is 15.8. The molecule has 0 spiro atoms. The first-order chi connectivity index (χ1) is 12.1. The first kappa shape index (κ1) is 20.6. The molecule has 1 amide bonds. The van der Waals surface area contributed by atoms with Crippen LogP contribution in [0, 0.1) is 5.92 Å². The summed E-state index contributed by atoms with van der Waals surface area (Å²) in [4.78, 5) is 13.9. The quantitative estimate of drug-likeness (QED) is 0.774. The molecule has 1 N–H and O–H groups in total. The van der Waals surface area contributed by atoms with Crippen molar-refractivity contribution in [3.63, 3.8) is 0 Å². The van der Waals surface area contributed by atoms with Gasteiger partial charge in [-0.05, 0) is 49.4 Å². The summed E-state index contributed by atoms with van der Waals surface area (Å²) in [5, 5.41) is 5.01. The number of carbonyl (C=O) groups excluding carboxylic acids is 1. The lowest BCUT2D eigenvalue weighted by Gasteiger charge is -2.22. The van der Waals surface area contributed by atoms with E-state index >= 15 is 0 Å². The van der Waals surface area contributed by atoms with Gasteiger partial charge in [0.2, 0.25) is 10.0 Å². The van der Waals surface area contributed by atoms with Crippen LogP contribution in [0.15, 0.2) is 46.7 Å². The van der Waals surface area contributed by atoms with Crippen molar-refractivity contribution in [2.75, 3.05) is 7.05 Å². The SMILES string of the molecule is CC(C)C(NC(=O)c1cccc(S(=O)(=O)N(C)C(C)C)c1)c1cccs1. The second-order valence-electron chi connectivity index (χ2n) is 6.85. The van der Waals surface area contributed by atoms with Crippen LogP contribution >= 0.6 is 11.3 Å². The number of hydrogen-bond acceptors (Lipinski definition) is 4. The van der Waals surface area contributed by atoms with Crippen LogP contribution in [0.25, 0.3) is 0 Å². The van der Waals surface area contributed by atoms with Crippen molar-refractivity contribution in [3.8, 4) is 0 Å². The number of carbonyl (C=O) groups is 1. The number of thiophene rings is 1. The van der Waals surface area contributed by atoms with E-state index in [0.717, 1.165) is 4.88 Å². The van der Waals surface area contributed by atoms with E-state index < -0.39 is 10.0 Å². The maximum atomic E-state index is 12.7. The van der Waals surface area contributed by atoms with Crippen molar-refractivity contribution in [2.45, 2.75) is 44.7 Å². The Morgan fingerprint density at radius 3 is 2.35 bits per heavy atom. The van der Waals surface area contributed by atoms with Gasteiger partial charge in [0.1, 0.15) is 0 Å². The summed E-state index contributed by atoms with van der Waals surface area (Å²) in [6.45, 7) is 7.71. The molecule has 0 radical (unpaired) electrons. The molecular weight excluding hydrogens is 368 g/mol. The predicted octanol–water partition coefficient (Wildman–Crippen LogP) is 3.90. The van der Waals surface area contributed by atoms with Crippen LogP contribution in [0.3, 0.4) is 0 Å². The number of hydrogen-bond donors (Lipinski definition) is 1. The largest absolute Gasteiger partial charge is 0.344 e. The lowest BCUT2D eigenvalue weighted by molar-refractivity contribution is 0.0926. The fourth-order valence-corrected chi connectivity index (χ4v) is 4.86. The Hall–Kier alpha value is -1.70. The number of rotatable bonds is 7. The second-order valence-corrected chi connectivity index (χ2v) is 9.83. The molecule has 5 nitrogen and oxygen atoms in total. The highest BCUT2D eigenvalue weighted by Gasteiger charge is 2.25. The Balaban J connectivity index is 2.28. The molecule has 1 aromatic heterocycles. The molecule has 0 bridgehead atoms. The third-order valence-corrected chi connectivity index (χ3v) is 7.29. The molecule has 0 saturated heterocycles. The lowest BCUT2D eigenvalue weighted by atomic mass is 10.0. The zero-order chi connectivity index (χ0) is 19.5. The average molecular weight is 395 g/mol. The van der Waals surface area contributed by atoms with E-state index in [1.54, 1.807) is 30.5 Å². The van der Waals surface area contributed by atoms with Gasteiger partial charge in [-0.15, -0.1) is 11.3 Å². The summed E-state index contributed by atoms with van der Waals surface area (Å²) in [6.07, 6.45) is 0. The monoisotopic (exact) mass is 394 g/mol. The minimum Gasteiger partial charge on any atom is -0.344 e. The Labute approximate surface area is 160 Å². The van der Waals surface area contributed by atoms with Crippen molar-refractivity contribution in [3.05, 3.63) is 52.2 Å². The van der Waals surface area contributed by atoms with Crippen LogP contribution in [-0.4, -0.2) is 31.7 Å². The number of sulfonamides is 1. The summed E-state index contributed by atoms with van der Waals surface area (Å²) in [6, 6.07) is 9.87. The van der Waals surface area contributed by atoms with Crippen LogP contribution in [0.2, 0.25) is 0 Å². The molecule has 26 heavy (non-hydrogen) atoms. The second kappa shape index (κ2) is 8.33. The van der Waals surface area contributed by atoms with Gasteiger partial charge in [0, 0.05) is 23.5 Å². The van der Waals surface area contributed by atoms with E-state index in [1.165, 1.54) is 16.4 Å². The van der Waals surface area contributed by atoms with E-state index in [0.29, 0.717) is 5.56 Å². The first-order valence-electron chi connectivity index (χ1n) is 8.57. The fraction of sp³-hybridized carbons (Fsp3) is 0.421. The maximum absolute atomic E-state index is 12.7. The maximum Gasteiger partial charge on any atom is 0.251 e. The Morgan fingerprint density at radius 1 is 1.12 bits per heavy atom. The van der Waals surface area contributed by atoms with Crippen molar-refractivity contribution in [1.29, 1.82) is 0 Å². The van der Waals surface area contributed by atoms with Crippen LogP contribution in [-0.2, 0) is 10.0 Å². The van der Waals surface area contributed by atoms with Crippen LogP contribution < -0.4 is 5.32 Å². The Morgan fingerprint density at radius 2 is 1.81 bits per heavy atom. The summed E-state index contributed by atoms with van der Waals surface area (Å²) in [5.41, 5.74) is 0.338. The normalized spacial score (nSPS) is 13.4. The molecule has 0 aliphatic rings. The standard InChI is InChI=1S/C19H26N2O3S2/c1-13(2)18(17-10-7-11-25-17)20-19(22)15-8-6-9-16(12-15)26(23,24)21(5)14(3)4/h6-14,18H,1-5H3,(H,20,22). The molecule has 7 heteroatoms. The van der Waals surface area contributed by atoms with Crippen LogP contribution in [0.1, 0.15) is 49.0 Å². The van der Waals surface area contributed by atoms with Gasteiger partial charge in [0.05, 0.1) is 10.9 Å². The molecule has 1 aromatic carbocycles. The predicted molar refractivity (Wildman–Crippen MR) is 106 cm³/mol. The van der Waals surface area contributed by atoms with Crippen molar-refractivity contribution >= 4 is 27.3 Å². The third-order valence-electron chi connectivity index (χ3n) is 4.30. The lowest BCUT2D eigenvalue weighted by Crippen LogP contribution is -2.34. The van der Waals surface area contributed by atoms with Gasteiger partial charge in [0.15, 0.2) is 0 Å². The highest BCUT2D eigenvalue weighted by Crippen LogP contribution is 2.26. The van der Waals surface area contributed by atoms with Crippen molar-refractivity contribution in [1.82, 2.24) is 9.62 Å². The minimum absolute atomic E-state index is 0.110. The third kappa shape index (κ3) is 4.52. The Bertz CT molecular complexity index is 843. The van der Waals surface area contributed by atoms with E-state index in [2.05, 4.69) is 5.32 Å². The molecule has 1 atom stereocenters. The van der Waals surface area contributed by atoms with E-state index in [1.807, 2.05) is 45.2 Å². The molecule has 1 heterocycles. The summed E-state index contributed by atoms with van der Waals surface area (Å²) in [7, 11) is -2.09. The van der Waals surface area contributed by atoms with E-state index in [9.17, 15) is 13.2 Å². The van der Waals surface area contributed by atoms with Gasteiger partial charge < -0.3 is 5.32 Å². The summed E-state index contributed by atoms with van der Waals surface area (Å²) >= 11 is 1.59. The molecular formula is C19H26N2O3S2. The van der Waals surface area contributed by atoms with Crippen LogP contribution in [0.5, 0.6) is 0 Å². The molecule has 0 saturated carbocycles. The van der Waals surface area contributed by atoms with Gasteiger partial charge in [-0.25, -0.2) is 8.42 Å². The highest BCUT2D eigenvalue weighted by atomic mass is 32.2. The van der Waals surface area contributed by atoms with Gasteiger partial charge >= 0.3 is 0 Å². The molecule has 0 aliphatic heterocycles. The molecule has 2 aromatic rings. The Kier molecular flexibility index (Phi) is 6.60. The van der Waals surface area contributed by atoms with Gasteiger partial charge in [-0.3, -0.25) is 4.79 Å². The minimum atomic E-state index is -3.63.